The lowest BCUT2D eigenvalue weighted by Crippen LogP contribution is -2.54. The van der Waals surface area contributed by atoms with E-state index < -0.39 is 41.3 Å². The van der Waals surface area contributed by atoms with Crippen LogP contribution in [0.4, 0.5) is 14.5 Å². The van der Waals surface area contributed by atoms with Crippen LogP contribution in [0.5, 0.6) is 0 Å². The number of halogens is 2. The largest absolute Gasteiger partial charge is 0.369 e. The van der Waals surface area contributed by atoms with Crippen LogP contribution in [0.15, 0.2) is 36.4 Å². The summed E-state index contributed by atoms with van der Waals surface area (Å²) in [6.45, 7) is 3.20. The number of imide groups is 2. The molecule has 0 aliphatic carbocycles. The molecule has 2 saturated heterocycles. The first kappa shape index (κ1) is 22.1. The first-order valence-corrected chi connectivity index (χ1v) is 11.1. The highest BCUT2D eigenvalue weighted by Gasteiger charge is 2.44. The minimum Gasteiger partial charge on any atom is -0.369 e. The van der Waals surface area contributed by atoms with Crippen molar-refractivity contribution in [2.45, 2.75) is 25.4 Å². The van der Waals surface area contributed by atoms with E-state index in [-0.39, 0.29) is 24.0 Å². The molecule has 0 spiro atoms. The lowest BCUT2D eigenvalue weighted by molar-refractivity contribution is -0.136. The normalized spacial score (nSPS) is 21.2. The number of piperazine rings is 1. The Kier molecular flexibility index (Phi) is 5.60. The van der Waals surface area contributed by atoms with Crippen molar-refractivity contribution >= 4 is 29.3 Å². The van der Waals surface area contributed by atoms with Gasteiger partial charge in [0.15, 0.2) is 11.6 Å². The van der Waals surface area contributed by atoms with Crippen LogP contribution in [0.25, 0.3) is 0 Å². The zero-order chi connectivity index (χ0) is 24.0. The number of hydrogen-bond donors (Lipinski definition) is 1. The first-order valence-electron chi connectivity index (χ1n) is 11.1. The maximum absolute atomic E-state index is 13.5. The van der Waals surface area contributed by atoms with E-state index in [1.807, 2.05) is 4.90 Å². The van der Waals surface area contributed by atoms with E-state index in [1.54, 1.807) is 24.3 Å². The van der Waals surface area contributed by atoms with Gasteiger partial charge >= 0.3 is 0 Å². The zero-order valence-electron chi connectivity index (χ0n) is 18.2. The van der Waals surface area contributed by atoms with Gasteiger partial charge in [0.2, 0.25) is 11.8 Å². The average molecular weight is 468 g/mol. The molecule has 2 aromatic carbocycles. The second-order valence-electron chi connectivity index (χ2n) is 8.69. The molecule has 8 nitrogen and oxygen atoms in total. The number of carbonyl (C=O) groups excluding carboxylic acids is 4. The Hall–Kier alpha value is -3.66. The summed E-state index contributed by atoms with van der Waals surface area (Å²) >= 11 is 0. The predicted octanol–water partition coefficient (Wildman–Crippen LogP) is 1.69. The number of benzene rings is 2. The van der Waals surface area contributed by atoms with Gasteiger partial charge in [-0.15, -0.1) is 0 Å². The van der Waals surface area contributed by atoms with Crippen LogP contribution < -0.4 is 10.2 Å². The second-order valence-corrected chi connectivity index (χ2v) is 8.69. The predicted molar refractivity (Wildman–Crippen MR) is 117 cm³/mol. The monoisotopic (exact) mass is 468 g/mol. The van der Waals surface area contributed by atoms with E-state index in [0.717, 1.165) is 16.5 Å². The van der Waals surface area contributed by atoms with E-state index in [0.29, 0.717) is 38.4 Å². The second kappa shape index (κ2) is 8.60. The Labute approximate surface area is 194 Å². The van der Waals surface area contributed by atoms with Gasteiger partial charge in [-0.2, -0.15) is 0 Å². The van der Waals surface area contributed by atoms with Crippen molar-refractivity contribution in [3.63, 3.8) is 0 Å². The fourth-order valence-corrected chi connectivity index (χ4v) is 4.72. The summed E-state index contributed by atoms with van der Waals surface area (Å²) < 4.78 is 26.7. The molecule has 0 bridgehead atoms. The van der Waals surface area contributed by atoms with Crippen molar-refractivity contribution in [2.24, 2.45) is 0 Å². The first-order chi connectivity index (χ1) is 16.3. The third kappa shape index (κ3) is 3.94. The summed E-state index contributed by atoms with van der Waals surface area (Å²) in [6, 6.07) is 7.97. The number of hydrogen-bond acceptors (Lipinski definition) is 6. The lowest BCUT2D eigenvalue weighted by Gasteiger charge is -2.36. The van der Waals surface area contributed by atoms with Crippen LogP contribution in [-0.2, 0) is 16.1 Å². The molecule has 3 aliphatic rings. The minimum absolute atomic E-state index is 0.0750. The van der Waals surface area contributed by atoms with Gasteiger partial charge in [-0.05, 0) is 36.2 Å². The molecule has 1 atom stereocenters. The highest BCUT2D eigenvalue weighted by atomic mass is 19.2. The molecule has 176 valence electrons. The Balaban J connectivity index is 1.25. The van der Waals surface area contributed by atoms with Crippen LogP contribution in [0.3, 0.4) is 0 Å². The molecule has 2 aromatic rings. The zero-order valence-corrected chi connectivity index (χ0v) is 18.2. The van der Waals surface area contributed by atoms with Crippen LogP contribution in [-0.4, -0.2) is 65.6 Å². The van der Waals surface area contributed by atoms with Crippen LogP contribution in [0, 0.1) is 11.6 Å². The van der Waals surface area contributed by atoms with Crippen molar-refractivity contribution in [2.75, 3.05) is 31.1 Å². The topological polar surface area (TPSA) is 90.0 Å². The average Bonchev–Trinajstić information content (AvgIpc) is 3.06. The standard InChI is InChI=1S/C24H22F2N4O4/c25-18-4-2-15(12-19(18)26)29-9-7-28(8-10-29)13-14-1-3-16-17(11-14)24(34)30(23(16)33)20-5-6-21(31)27-22(20)32/h1-4,11-12,20H,5-10,13H2,(H,27,31,32). The van der Waals surface area contributed by atoms with Gasteiger partial charge in [-0.25, -0.2) is 8.78 Å². The molecule has 34 heavy (non-hydrogen) atoms. The summed E-state index contributed by atoms with van der Waals surface area (Å²) in [5.41, 5.74) is 1.99. The van der Waals surface area contributed by atoms with Gasteiger partial charge in [0, 0.05) is 50.9 Å². The van der Waals surface area contributed by atoms with Crippen LogP contribution >= 0.6 is 0 Å². The smallest absolute Gasteiger partial charge is 0.262 e. The number of rotatable bonds is 4. The summed E-state index contributed by atoms with van der Waals surface area (Å²) in [6.07, 6.45) is 0.191. The molecule has 3 heterocycles. The molecule has 5 rings (SSSR count). The molecular weight excluding hydrogens is 446 g/mol. The molecule has 0 aromatic heterocycles. The third-order valence-electron chi connectivity index (χ3n) is 6.55. The molecule has 2 fully saturated rings. The number of piperidine rings is 1. The highest BCUT2D eigenvalue weighted by Crippen LogP contribution is 2.29. The van der Waals surface area contributed by atoms with Crippen molar-refractivity contribution in [1.29, 1.82) is 0 Å². The molecule has 1 unspecified atom stereocenters. The summed E-state index contributed by atoms with van der Waals surface area (Å²) in [7, 11) is 0. The van der Waals surface area contributed by atoms with Crippen molar-refractivity contribution in [3.8, 4) is 0 Å². The van der Waals surface area contributed by atoms with Gasteiger partial charge in [-0.1, -0.05) is 6.07 Å². The Morgan fingerprint density at radius 2 is 1.59 bits per heavy atom. The number of fused-ring (bicyclic) bond motifs is 1. The molecule has 0 saturated carbocycles. The van der Waals surface area contributed by atoms with E-state index in [2.05, 4.69) is 10.2 Å². The SMILES string of the molecule is O=C1CCC(N2C(=O)c3ccc(CN4CCN(c5ccc(F)c(F)c5)CC4)cc3C2=O)C(=O)N1. The molecule has 3 aliphatic heterocycles. The molecule has 0 radical (unpaired) electrons. The van der Waals surface area contributed by atoms with Gasteiger partial charge in [0.1, 0.15) is 6.04 Å². The van der Waals surface area contributed by atoms with Crippen LogP contribution in [0.2, 0.25) is 0 Å². The highest BCUT2D eigenvalue weighted by molar-refractivity contribution is 6.23. The summed E-state index contributed by atoms with van der Waals surface area (Å²) in [4.78, 5) is 54.6. The number of amides is 4. The number of nitrogens with one attached hydrogen (secondary N) is 1. The Morgan fingerprint density at radius 1 is 0.853 bits per heavy atom. The maximum atomic E-state index is 13.5. The van der Waals surface area contributed by atoms with Crippen molar-refractivity contribution < 1.29 is 28.0 Å². The summed E-state index contributed by atoms with van der Waals surface area (Å²) in [5.74, 6) is -3.85. The Morgan fingerprint density at radius 3 is 2.29 bits per heavy atom. The van der Waals surface area contributed by atoms with Crippen LogP contribution in [0.1, 0.15) is 39.1 Å². The molecule has 4 amide bonds. The van der Waals surface area contributed by atoms with Gasteiger partial charge in [0.25, 0.3) is 11.8 Å². The van der Waals surface area contributed by atoms with Crippen molar-refractivity contribution in [3.05, 3.63) is 64.7 Å². The van der Waals surface area contributed by atoms with Gasteiger partial charge in [-0.3, -0.25) is 34.3 Å². The molecular formula is C24H22F2N4O4. The van der Waals surface area contributed by atoms with Gasteiger partial charge < -0.3 is 4.90 Å². The maximum Gasteiger partial charge on any atom is 0.262 e. The quantitative estimate of drug-likeness (QED) is 0.687. The van der Waals surface area contributed by atoms with E-state index in [1.165, 1.54) is 6.07 Å². The van der Waals surface area contributed by atoms with E-state index in [4.69, 9.17) is 0 Å². The minimum atomic E-state index is -0.988. The van der Waals surface area contributed by atoms with E-state index >= 15 is 0 Å². The number of anilines is 1. The molecule has 10 heteroatoms. The van der Waals surface area contributed by atoms with E-state index in [9.17, 15) is 28.0 Å². The third-order valence-corrected chi connectivity index (χ3v) is 6.55. The fraction of sp³-hybridized carbons (Fsp3) is 0.333. The number of carbonyl (C=O) groups is 4. The summed E-state index contributed by atoms with van der Waals surface area (Å²) in [5, 5.41) is 2.19. The number of nitrogens with zero attached hydrogens (tertiary/aromatic N) is 3. The molecule has 1 N–H and O–H groups in total. The fourth-order valence-electron chi connectivity index (χ4n) is 4.72. The Bertz CT molecular complexity index is 1210. The van der Waals surface area contributed by atoms with Crippen molar-refractivity contribution in [1.82, 2.24) is 15.1 Å². The van der Waals surface area contributed by atoms with Gasteiger partial charge in [0.05, 0.1) is 11.1 Å². The lowest BCUT2D eigenvalue weighted by atomic mass is 10.0.